The zero-order chi connectivity index (χ0) is 21.1. The van der Waals surface area contributed by atoms with Crippen molar-refractivity contribution in [3.63, 3.8) is 0 Å². The van der Waals surface area contributed by atoms with E-state index in [-0.39, 0.29) is 0 Å². The molecule has 0 bridgehead atoms. The summed E-state index contributed by atoms with van der Waals surface area (Å²) in [5.74, 6) is 0. The molecule has 0 saturated carbocycles. The second-order valence-electron chi connectivity index (χ2n) is 8.31. The third-order valence-corrected chi connectivity index (χ3v) is 6.56. The topological polar surface area (TPSA) is 7.76 Å². The molecule has 0 spiro atoms. The fraction of sp³-hybridized carbons (Fsp3) is 0. The Labute approximate surface area is 186 Å². The molecule has 0 unspecified atom stereocenters. The first-order chi connectivity index (χ1) is 15.9. The standard InChI is InChI=1S/C30H20N2/c1-2-10-23-21(9-1)15-16-22-19-28-27(20-26(22)23)24-11-3-4-12-25(24)29-13-5-7-17-31(29)32-18-8-6-14-30(28)32/h1-20H/q+2. The molecule has 7 rings (SSSR count). The number of hydrogen-bond donors (Lipinski definition) is 0. The van der Waals surface area contributed by atoms with Crippen molar-refractivity contribution in [1.82, 2.24) is 0 Å². The van der Waals surface area contributed by atoms with Crippen molar-refractivity contribution in [2.24, 2.45) is 0 Å². The van der Waals surface area contributed by atoms with Crippen LogP contribution in [0.4, 0.5) is 0 Å². The molecule has 0 atom stereocenters. The Hall–Kier alpha value is -4.30. The van der Waals surface area contributed by atoms with E-state index in [1.807, 2.05) is 0 Å². The zero-order valence-electron chi connectivity index (χ0n) is 17.4. The van der Waals surface area contributed by atoms with Crippen LogP contribution in [0.2, 0.25) is 0 Å². The molecule has 0 radical (unpaired) electrons. The van der Waals surface area contributed by atoms with E-state index in [0.717, 1.165) is 0 Å². The highest BCUT2D eigenvalue weighted by Gasteiger charge is 2.32. The summed E-state index contributed by atoms with van der Waals surface area (Å²) in [6.45, 7) is 0. The van der Waals surface area contributed by atoms with Crippen LogP contribution < -0.4 is 9.35 Å². The molecule has 1 aliphatic heterocycles. The molecule has 2 nitrogen and oxygen atoms in total. The Morgan fingerprint density at radius 2 is 1.00 bits per heavy atom. The molecule has 4 aromatic carbocycles. The van der Waals surface area contributed by atoms with E-state index in [2.05, 4.69) is 131 Å². The number of pyridine rings is 2. The number of hydrogen-bond acceptors (Lipinski definition) is 0. The molecular formula is C30H20N2+2. The predicted molar refractivity (Wildman–Crippen MR) is 129 cm³/mol. The fourth-order valence-corrected chi connectivity index (χ4v) is 5.10. The number of nitrogens with zero attached hydrogens (tertiary/aromatic N) is 2. The first-order valence-corrected chi connectivity index (χ1v) is 11.0. The highest BCUT2D eigenvalue weighted by molar-refractivity contribution is 6.11. The highest BCUT2D eigenvalue weighted by atomic mass is 15.4. The van der Waals surface area contributed by atoms with Crippen LogP contribution in [-0.2, 0) is 0 Å². The molecule has 0 saturated heterocycles. The molecule has 0 amide bonds. The van der Waals surface area contributed by atoms with Crippen molar-refractivity contribution in [3.8, 4) is 33.6 Å². The Morgan fingerprint density at radius 3 is 1.81 bits per heavy atom. The van der Waals surface area contributed by atoms with Crippen molar-refractivity contribution in [2.75, 3.05) is 0 Å². The molecule has 3 heterocycles. The number of fused-ring (bicyclic) bond motifs is 11. The summed E-state index contributed by atoms with van der Waals surface area (Å²) in [6.07, 6.45) is 4.27. The fourth-order valence-electron chi connectivity index (χ4n) is 5.10. The summed E-state index contributed by atoms with van der Waals surface area (Å²) in [4.78, 5) is 0. The van der Waals surface area contributed by atoms with Crippen LogP contribution in [-0.4, -0.2) is 0 Å². The number of aromatic nitrogens is 2. The van der Waals surface area contributed by atoms with Gasteiger partial charge < -0.3 is 0 Å². The molecule has 6 aromatic rings. The van der Waals surface area contributed by atoms with Gasteiger partial charge in [-0.05, 0) is 63.0 Å². The van der Waals surface area contributed by atoms with Gasteiger partial charge in [0, 0.05) is 24.3 Å². The van der Waals surface area contributed by atoms with Crippen molar-refractivity contribution in [3.05, 3.63) is 122 Å². The molecule has 148 valence electrons. The maximum Gasteiger partial charge on any atom is 0.284 e. The summed E-state index contributed by atoms with van der Waals surface area (Å²) >= 11 is 0. The van der Waals surface area contributed by atoms with Crippen LogP contribution in [0.5, 0.6) is 0 Å². The van der Waals surface area contributed by atoms with Crippen LogP contribution in [0.25, 0.3) is 55.2 Å². The maximum absolute atomic E-state index is 2.39. The molecule has 0 fully saturated rings. The van der Waals surface area contributed by atoms with E-state index in [1.54, 1.807) is 0 Å². The predicted octanol–water partition coefficient (Wildman–Crippen LogP) is 6.19. The van der Waals surface area contributed by atoms with Gasteiger partial charge in [0.15, 0.2) is 0 Å². The minimum Gasteiger partial charge on any atom is -0.0616 e. The lowest BCUT2D eigenvalue weighted by molar-refractivity contribution is -1.29. The first kappa shape index (κ1) is 17.4. The molecule has 2 heteroatoms. The van der Waals surface area contributed by atoms with Gasteiger partial charge in [0.1, 0.15) is 0 Å². The highest BCUT2D eigenvalue weighted by Crippen LogP contribution is 2.41. The van der Waals surface area contributed by atoms with Gasteiger partial charge >= 0.3 is 0 Å². The minimum absolute atomic E-state index is 1.17. The molecule has 2 aromatic heterocycles. The van der Waals surface area contributed by atoms with Crippen molar-refractivity contribution in [1.29, 1.82) is 0 Å². The third-order valence-electron chi connectivity index (χ3n) is 6.56. The summed E-state index contributed by atoms with van der Waals surface area (Å²) in [5.41, 5.74) is 7.33. The van der Waals surface area contributed by atoms with Gasteiger partial charge in [0.05, 0.1) is 20.5 Å². The van der Waals surface area contributed by atoms with Gasteiger partial charge in [0.25, 0.3) is 11.4 Å². The van der Waals surface area contributed by atoms with E-state index in [0.29, 0.717) is 0 Å². The Balaban J connectivity index is 1.70. The van der Waals surface area contributed by atoms with Crippen molar-refractivity contribution < 1.29 is 9.35 Å². The Morgan fingerprint density at radius 1 is 0.375 bits per heavy atom. The van der Waals surface area contributed by atoms with E-state index in [9.17, 15) is 0 Å². The summed E-state index contributed by atoms with van der Waals surface area (Å²) in [6, 6.07) is 39.5. The van der Waals surface area contributed by atoms with E-state index in [4.69, 9.17) is 0 Å². The lowest BCUT2D eigenvalue weighted by atomic mass is 9.88. The molecule has 0 N–H and O–H groups in total. The smallest absolute Gasteiger partial charge is 0.0616 e. The number of rotatable bonds is 0. The molecule has 0 aliphatic carbocycles. The van der Waals surface area contributed by atoms with Crippen LogP contribution in [0.1, 0.15) is 0 Å². The average Bonchev–Trinajstić information content (AvgIpc) is 2.87. The van der Waals surface area contributed by atoms with Gasteiger partial charge in [-0.15, -0.1) is 0 Å². The van der Waals surface area contributed by atoms with E-state index < -0.39 is 0 Å². The van der Waals surface area contributed by atoms with Gasteiger partial charge in [0.2, 0.25) is 12.4 Å². The van der Waals surface area contributed by atoms with Crippen LogP contribution in [0.3, 0.4) is 0 Å². The monoisotopic (exact) mass is 408 g/mol. The normalized spacial score (nSPS) is 11.8. The summed E-state index contributed by atoms with van der Waals surface area (Å²) in [7, 11) is 0. The van der Waals surface area contributed by atoms with Gasteiger partial charge in [-0.1, -0.05) is 54.6 Å². The quantitative estimate of drug-likeness (QED) is 0.209. The maximum atomic E-state index is 2.39. The minimum atomic E-state index is 1.17. The summed E-state index contributed by atoms with van der Waals surface area (Å²) in [5, 5.41) is 5.12. The SMILES string of the molecule is c1ccc2c(c1)-c1cc3c(ccc4ccccc43)cc1-c1cccc[n+]1-[n+]1ccccc1-2. The van der Waals surface area contributed by atoms with Crippen LogP contribution in [0.15, 0.2) is 122 Å². The van der Waals surface area contributed by atoms with E-state index in [1.165, 1.54) is 55.2 Å². The van der Waals surface area contributed by atoms with Gasteiger partial charge in [-0.25, -0.2) is 0 Å². The lowest BCUT2D eigenvalue weighted by Crippen LogP contribution is -2.68. The molecular weight excluding hydrogens is 388 g/mol. The first-order valence-electron chi connectivity index (χ1n) is 11.0. The largest absolute Gasteiger partial charge is 0.284 e. The Bertz CT molecular complexity index is 1680. The third kappa shape index (κ3) is 2.41. The van der Waals surface area contributed by atoms with E-state index >= 15 is 0 Å². The van der Waals surface area contributed by atoms with Crippen LogP contribution in [0, 0.1) is 0 Å². The second kappa shape index (κ2) is 6.60. The average molecular weight is 409 g/mol. The summed E-state index contributed by atoms with van der Waals surface area (Å²) < 4.78 is 4.48. The Kier molecular flexibility index (Phi) is 3.58. The molecule has 1 aliphatic rings. The molecule has 32 heavy (non-hydrogen) atoms. The lowest BCUT2D eigenvalue weighted by Gasteiger charge is -2.16. The zero-order valence-corrected chi connectivity index (χ0v) is 17.4. The van der Waals surface area contributed by atoms with Crippen molar-refractivity contribution in [2.45, 2.75) is 0 Å². The number of benzene rings is 4. The van der Waals surface area contributed by atoms with Gasteiger partial charge in [-0.3, -0.25) is 0 Å². The second-order valence-corrected chi connectivity index (χ2v) is 8.31. The van der Waals surface area contributed by atoms with Gasteiger partial charge in [-0.2, -0.15) is 0 Å². The van der Waals surface area contributed by atoms with Crippen molar-refractivity contribution >= 4 is 21.5 Å². The van der Waals surface area contributed by atoms with Crippen LogP contribution >= 0.6 is 0 Å².